The lowest BCUT2D eigenvalue weighted by Crippen LogP contribution is -2.23. The van der Waals surface area contributed by atoms with Crippen molar-refractivity contribution >= 4 is 11.6 Å². The fourth-order valence-corrected chi connectivity index (χ4v) is 2.56. The van der Waals surface area contributed by atoms with Gasteiger partial charge in [-0.15, -0.1) is 0 Å². The number of aromatic nitrogens is 3. The van der Waals surface area contributed by atoms with E-state index in [1.807, 2.05) is 54.9 Å². The number of guanidine groups is 1. The van der Waals surface area contributed by atoms with Gasteiger partial charge in [0.1, 0.15) is 23.6 Å². The topological polar surface area (TPSA) is 99.6 Å². The van der Waals surface area contributed by atoms with Gasteiger partial charge in [-0.1, -0.05) is 6.07 Å². The smallest absolute Gasteiger partial charge is 0.193 e. The van der Waals surface area contributed by atoms with Crippen LogP contribution in [0.1, 0.15) is 19.4 Å². The van der Waals surface area contributed by atoms with Crippen molar-refractivity contribution in [2.45, 2.75) is 20.4 Å². The Balaban J connectivity index is 1.67. The zero-order valence-corrected chi connectivity index (χ0v) is 16.0. The second-order valence-corrected chi connectivity index (χ2v) is 5.85. The fraction of sp³-hybridized carbons (Fsp3) is 0.250. The van der Waals surface area contributed by atoms with Crippen LogP contribution in [0, 0.1) is 0 Å². The van der Waals surface area contributed by atoms with Gasteiger partial charge in [-0.25, -0.2) is 15.0 Å². The first-order valence-corrected chi connectivity index (χ1v) is 9.09. The molecule has 2 aromatic heterocycles. The summed E-state index contributed by atoms with van der Waals surface area (Å²) >= 11 is 0. The number of hydrogen-bond donors (Lipinski definition) is 2. The molecule has 0 spiro atoms. The van der Waals surface area contributed by atoms with Gasteiger partial charge < -0.3 is 20.5 Å². The molecule has 0 fully saturated rings. The Hall–Kier alpha value is -3.55. The van der Waals surface area contributed by atoms with Crippen LogP contribution in [0.25, 0.3) is 5.82 Å². The molecule has 0 radical (unpaired) electrons. The number of nitrogens with two attached hydrogens (primary N) is 1. The van der Waals surface area contributed by atoms with Gasteiger partial charge in [0.25, 0.3) is 0 Å². The molecule has 0 aliphatic carbocycles. The first-order valence-electron chi connectivity index (χ1n) is 9.09. The lowest BCUT2D eigenvalue weighted by Gasteiger charge is -2.14. The first kappa shape index (κ1) is 19.2. The van der Waals surface area contributed by atoms with E-state index in [1.165, 1.54) is 0 Å². The molecule has 0 aliphatic heterocycles. The van der Waals surface area contributed by atoms with Gasteiger partial charge in [0.05, 0.1) is 25.4 Å². The third kappa shape index (κ3) is 5.00. The predicted octanol–water partition coefficient (Wildman–Crippen LogP) is 2.99. The van der Waals surface area contributed by atoms with Gasteiger partial charge in [0.15, 0.2) is 5.96 Å². The molecular formula is C20H24N6O2. The average Bonchev–Trinajstić information content (AvgIpc) is 3.24. The molecule has 0 amide bonds. The molecule has 0 saturated heterocycles. The van der Waals surface area contributed by atoms with Crippen LogP contribution < -0.4 is 20.5 Å². The molecule has 3 N–H and O–H groups in total. The minimum Gasteiger partial charge on any atom is -0.494 e. The standard InChI is InChI=1S/C20H24N6O2/c1-3-27-16-6-7-18(28-4-2)17(11-16)25-20(21)24-13-15-5-8-19(23-12-15)26-10-9-22-14-26/h5-12,14H,3-4,13H2,1-2H3,(H3,21,24,25). The molecule has 146 valence electrons. The van der Waals surface area contributed by atoms with Crippen LogP contribution in [-0.4, -0.2) is 33.7 Å². The number of nitrogens with zero attached hydrogens (tertiary/aromatic N) is 4. The number of nitrogens with one attached hydrogen (secondary N) is 1. The lowest BCUT2D eigenvalue weighted by atomic mass is 10.2. The Bertz CT molecular complexity index is 907. The van der Waals surface area contributed by atoms with E-state index in [1.54, 1.807) is 18.7 Å². The molecule has 0 unspecified atom stereocenters. The molecule has 3 aromatic rings. The quantitative estimate of drug-likeness (QED) is 0.460. The maximum Gasteiger partial charge on any atom is 0.193 e. The number of anilines is 1. The summed E-state index contributed by atoms with van der Waals surface area (Å²) in [4.78, 5) is 12.8. The van der Waals surface area contributed by atoms with Crippen LogP contribution in [-0.2, 0) is 6.54 Å². The van der Waals surface area contributed by atoms with Crippen LogP contribution in [0.15, 0.2) is 60.2 Å². The summed E-state index contributed by atoms with van der Waals surface area (Å²) in [5.74, 6) is 2.51. The van der Waals surface area contributed by atoms with E-state index < -0.39 is 0 Å². The molecule has 2 heterocycles. The Morgan fingerprint density at radius 2 is 2.04 bits per heavy atom. The summed E-state index contributed by atoms with van der Waals surface area (Å²) < 4.78 is 13.0. The third-order valence-electron chi connectivity index (χ3n) is 3.83. The van der Waals surface area contributed by atoms with Gasteiger partial charge >= 0.3 is 0 Å². The summed E-state index contributed by atoms with van der Waals surface area (Å²) in [7, 11) is 0. The Kier molecular flexibility index (Phi) is 6.46. The number of imidazole rings is 1. The van der Waals surface area contributed by atoms with Crippen molar-refractivity contribution < 1.29 is 9.47 Å². The minimum atomic E-state index is 0.285. The number of hydrogen-bond acceptors (Lipinski definition) is 5. The van der Waals surface area contributed by atoms with Gasteiger partial charge in [0.2, 0.25) is 0 Å². The van der Waals surface area contributed by atoms with Crippen LogP contribution >= 0.6 is 0 Å². The van der Waals surface area contributed by atoms with Crippen molar-refractivity contribution in [1.82, 2.24) is 14.5 Å². The van der Waals surface area contributed by atoms with Crippen LogP contribution in [0.3, 0.4) is 0 Å². The summed E-state index contributed by atoms with van der Waals surface area (Å²) in [6, 6.07) is 9.43. The summed E-state index contributed by atoms with van der Waals surface area (Å²) in [5.41, 5.74) is 7.72. The van der Waals surface area contributed by atoms with Crippen molar-refractivity contribution in [2.24, 2.45) is 10.7 Å². The van der Waals surface area contributed by atoms with Crippen LogP contribution in [0.2, 0.25) is 0 Å². The van der Waals surface area contributed by atoms with Crippen LogP contribution in [0.4, 0.5) is 5.69 Å². The molecule has 28 heavy (non-hydrogen) atoms. The predicted molar refractivity (Wildman–Crippen MR) is 109 cm³/mol. The summed E-state index contributed by atoms with van der Waals surface area (Å²) in [5, 5.41) is 3.09. The number of benzene rings is 1. The average molecular weight is 380 g/mol. The molecule has 0 atom stereocenters. The van der Waals surface area contributed by atoms with Gasteiger partial charge in [0, 0.05) is 24.7 Å². The van der Waals surface area contributed by atoms with Crippen molar-refractivity contribution in [3.8, 4) is 17.3 Å². The zero-order chi connectivity index (χ0) is 19.8. The Labute approximate surface area is 164 Å². The highest BCUT2D eigenvalue weighted by atomic mass is 16.5. The molecule has 8 nitrogen and oxygen atoms in total. The number of rotatable bonds is 8. The van der Waals surface area contributed by atoms with E-state index in [0.29, 0.717) is 31.2 Å². The summed E-state index contributed by atoms with van der Waals surface area (Å²) in [6.45, 7) is 5.41. The molecule has 8 heteroatoms. The maximum absolute atomic E-state index is 6.06. The SMILES string of the molecule is CCOc1ccc(OCC)c(NC(N)=NCc2ccc(-n3ccnc3)nc2)c1. The summed E-state index contributed by atoms with van der Waals surface area (Å²) in [6.07, 6.45) is 7.03. The van der Waals surface area contributed by atoms with E-state index in [-0.39, 0.29) is 5.96 Å². The fourth-order valence-electron chi connectivity index (χ4n) is 2.56. The van der Waals surface area contributed by atoms with E-state index in [4.69, 9.17) is 15.2 Å². The van der Waals surface area contributed by atoms with Gasteiger partial charge in [-0.3, -0.25) is 4.57 Å². The zero-order valence-electron chi connectivity index (χ0n) is 16.0. The lowest BCUT2D eigenvalue weighted by molar-refractivity contribution is 0.332. The Morgan fingerprint density at radius 3 is 2.71 bits per heavy atom. The largest absolute Gasteiger partial charge is 0.494 e. The van der Waals surface area contributed by atoms with E-state index in [0.717, 1.165) is 17.1 Å². The maximum atomic E-state index is 6.06. The normalized spacial score (nSPS) is 11.3. The van der Waals surface area contributed by atoms with Crippen LogP contribution in [0.5, 0.6) is 11.5 Å². The monoisotopic (exact) mass is 380 g/mol. The molecule has 0 bridgehead atoms. The first-order chi connectivity index (χ1) is 13.7. The van der Waals surface area contributed by atoms with Crippen molar-refractivity contribution in [1.29, 1.82) is 0 Å². The highest BCUT2D eigenvalue weighted by Crippen LogP contribution is 2.29. The molecule has 3 rings (SSSR count). The molecule has 0 saturated carbocycles. The van der Waals surface area contributed by atoms with Crippen molar-refractivity contribution in [3.05, 3.63) is 60.8 Å². The number of aliphatic imine (C=N–C) groups is 1. The third-order valence-corrected chi connectivity index (χ3v) is 3.83. The van der Waals surface area contributed by atoms with Gasteiger partial charge in [-0.2, -0.15) is 0 Å². The highest BCUT2D eigenvalue weighted by Gasteiger charge is 2.07. The Morgan fingerprint density at radius 1 is 1.18 bits per heavy atom. The van der Waals surface area contributed by atoms with Crippen molar-refractivity contribution in [2.75, 3.05) is 18.5 Å². The molecule has 1 aromatic carbocycles. The molecular weight excluding hydrogens is 356 g/mol. The second-order valence-electron chi connectivity index (χ2n) is 5.85. The van der Waals surface area contributed by atoms with Gasteiger partial charge in [-0.05, 0) is 37.6 Å². The minimum absolute atomic E-state index is 0.285. The number of pyridine rings is 1. The highest BCUT2D eigenvalue weighted by molar-refractivity contribution is 5.94. The number of ether oxygens (including phenoxy) is 2. The second kappa shape index (κ2) is 9.40. The van der Waals surface area contributed by atoms with E-state index in [2.05, 4.69) is 20.3 Å². The van der Waals surface area contributed by atoms with Crippen molar-refractivity contribution in [3.63, 3.8) is 0 Å². The molecule has 0 aliphatic rings. The van der Waals surface area contributed by atoms with E-state index in [9.17, 15) is 0 Å². The van der Waals surface area contributed by atoms with E-state index >= 15 is 0 Å².